The van der Waals surface area contributed by atoms with Gasteiger partial charge in [-0.1, -0.05) is 13.8 Å². The molecule has 0 heterocycles. The fourth-order valence-corrected chi connectivity index (χ4v) is 1.64. The van der Waals surface area contributed by atoms with Gasteiger partial charge in [0.15, 0.2) is 0 Å². The molecule has 0 atom stereocenters. The maximum Gasteiger partial charge on any atom is 0.0593 e. The van der Waals surface area contributed by atoms with Gasteiger partial charge in [0.1, 0.15) is 0 Å². The first-order valence-electron chi connectivity index (χ1n) is 7.29. The quantitative estimate of drug-likeness (QED) is 0.510. The van der Waals surface area contributed by atoms with Crippen LogP contribution in [0, 0.1) is 5.92 Å². The molecule has 0 unspecified atom stereocenters. The molecular formula is C14H32N2O2. The van der Waals surface area contributed by atoms with Crippen molar-refractivity contribution in [2.45, 2.75) is 27.7 Å². The summed E-state index contributed by atoms with van der Waals surface area (Å²) in [6.45, 7) is 16.9. The average Bonchev–Trinajstić information content (AvgIpc) is 2.34. The van der Waals surface area contributed by atoms with Crippen LogP contribution in [0.25, 0.3) is 0 Å². The van der Waals surface area contributed by atoms with Crippen LogP contribution in [0.3, 0.4) is 0 Å². The first-order chi connectivity index (χ1) is 8.70. The van der Waals surface area contributed by atoms with E-state index >= 15 is 0 Å². The van der Waals surface area contributed by atoms with Gasteiger partial charge in [0.05, 0.1) is 13.2 Å². The third-order valence-corrected chi connectivity index (χ3v) is 2.67. The Morgan fingerprint density at radius 2 is 1.50 bits per heavy atom. The molecule has 0 aromatic heterocycles. The van der Waals surface area contributed by atoms with Crippen LogP contribution in [0.5, 0.6) is 0 Å². The number of ether oxygens (including phenoxy) is 2. The maximum absolute atomic E-state index is 5.41. The highest BCUT2D eigenvalue weighted by Crippen LogP contribution is 1.91. The Morgan fingerprint density at radius 3 is 1.94 bits per heavy atom. The first-order valence-corrected chi connectivity index (χ1v) is 7.29. The van der Waals surface area contributed by atoms with Crippen LogP contribution in [-0.4, -0.2) is 64.1 Å². The second-order valence-corrected chi connectivity index (χ2v) is 4.83. The minimum absolute atomic E-state index is 0.713. The van der Waals surface area contributed by atoms with E-state index in [-0.39, 0.29) is 0 Å². The molecular weight excluding hydrogens is 228 g/mol. The molecule has 0 aliphatic carbocycles. The van der Waals surface area contributed by atoms with Gasteiger partial charge >= 0.3 is 0 Å². The normalized spacial score (nSPS) is 11.7. The Morgan fingerprint density at radius 1 is 0.944 bits per heavy atom. The molecule has 0 aliphatic heterocycles. The summed E-state index contributed by atoms with van der Waals surface area (Å²) in [5.41, 5.74) is 0. The second-order valence-electron chi connectivity index (χ2n) is 4.83. The predicted octanol–water partition coefficient (Wildman–Crippen LogP) is 1.61. The Balaban J connectivity index is 3.66. The number of nitrogens with one attached hydrogen (secondary N) is 1. The van der Waals surface area contributed by atoms with Crippen molar-refractivity contribution in [3.63, 3.8) is 0 Å². The molecule has 4 nitrogen and oxygen atoms in total. The zero-order valence-electron chi connectivity index (χ0n) is 12.7. The highest BCUT2D eigenvalue weighted by Gasteiger charge is 2.04. The predicted molar refractivity (Wildman–Crippen MR) is 77.1 cm³/mol. The van der Waals surface area contributed by atoms with E-state index in [9.17, 15) is 0 Å². The van der Waals surface area contributed by atoms with E-state index < -0.39 is 0 Å². The van der Waals surface area contributed by atoms with E-state index in [1.54, 1.807) is 0 Å². The van der Waals surface area contributed by atoms with Crippen LogP contribution in [0.1, 0.15) is 27.7 Å². The molecule has 0 radical (unpaired) electrons. The first kappa shape index (κ1) is 17.8. The lowest BCUT2D eigenvalue weighted by atomic mass is 10.2. The summed E-state index contributed by atoms with van der Waals surface area (Å²) in [5.74, 6) is 0.713. The SMILES string of the molecule is CCOCCN(CCNCC(C)C)CCOCC. The molecule has 0 saturated heterocycles. The molecule has 0 aromatic carbocycles. The summed E-state index contributed by atoms with van der Waals surface area (Å²) in [6, 6.07) is 0. The Bertz CT molecular complexity index is 156. The largest absolute Gasteiger partial charge is 0.380 e. The highest BCUT2D eigenvalue weighted by molar-refractivity contribution is 4.60. The average molecular weight is 260 g/mol. The molecule has 18 heavy (non-hydrogen) atoms. The summed E-state index contributed by atoms with van der Waals surface area (Å²) in [4.78, 5) is 2.40. The Hall–Kier alpha value is -0.160. The van der Waals surface area contributed by atoms with Gasteiger partial charge in [0.25, 0.3) is 0 Å². The Labute approximate surface area is 113 Å². The molecule has 0 fully saturated rings. The lowest BCUT2D eigenvalue weighted by Gasteiger charge is -2.22. The van der Waals surface area contributed by atoms with Crippen LogP contribution in [0.2, 0.25) is 0 Å². The number of rotatable bonds is 13. The smallest absolute Gasteiger partial charge is 0.0593 e. The molecule has 0 bridgehead atoms. The summed E-state index contributed by atoms with van der Waals surface area (Å²) in [5, 5.41) is 3.47. The van der Waals surface area contributed by atoms with Crippen molar-refractivity contribution in [3.8, 4) is 0 Å². The summed E-state index contributed by atoms with van der Waals surface area (Å²) in [6.07, 6.45) is 0. The molecule has 0 aromatic rings. The van der Waals surface area contributed by atoms with Crippen molar-refractivity contribution in [1.29, 1.82) is 0 Å². The van der Waals surface area contributed by atoms with Crippen molar-refractivity contribution in [2.24, 2.45) is 5.92 Å². The zero-order chi connectivity index (χ0) is 13.6. The lowest BCUT2D eigenvalue weighted by molar-refractivity contribution is 0.0831. The van der Waals surface area contributed by atoms with Crippen LogP contribution in [0.15, 0.2) is 0 Å². The van der Waals surface area contributed by atoms with Crippen molar-refractivity contribution >= 4 is 0 Å². The summed E-state index contributed by atoms with van der Waals surface area (Å²) >= 11 is 0. The highest BCUT2D eigenvalue weighted by atomic mass is 16.5. The molecule has 0 saturated carbocycles. The van der Waals surface area contributed by atoms with Crippen LogP contribution < -0.4 is 5.32 Å². The van der Waals surface area contributed by atoms with Crippen molar-refractivity contribution in [2.75, 3.05) is 59.2 Å². The van der Waals surface area contributed by atoms with E-state index in [1.165, 1.54) is 0 Å². The summed E-state index contributed by atoms with van der Waals surface area (Å²) in [7, 11) is 0. The Kier molecular flexibility index (Phi) is 13.2. The number of hydrogen-bond acceptors (Lipinski definition) is 4. The van der Waals surface area contributed by atoms with Crippen LogP contribution >= 0.6 is 0 Å². The molecule has 1 N–H and O–H groups in total. The minimum Gasteiger partial charge on any atom is -0.380 e. The standard InChI is InChI=1S/C14H32N2O2/c1-5-17-11-9-16(10-12-18-6-2)8-7-15-13-14(3)4/h14-15H,5-13H2,1-4H3. The van der Waals surface area contributed by atoms with Gasteiger partial charge in [-0.15, -0.1) is 0 Å². The van der Waals surface area contributed by atoms with Gasteiger partial charge in [0.2, 0.25) is 0 Å². The molecule has 110 valence electrons. The lowest BCUT2D eigenvalue weighted by Crippen LogP contribution is -2.37. The van der Waals surface area contributed by atoms with Crippen molar-refractivity contribution in [3.05, 3.63) is 0 Å². The molecule has 0 amide bonds. The van der Waals surface area contributed by atoms with E-state index in [4.69, 9.17) is 9.47 Å². The minimum atomic E-state index is 0.713. The van der Waals surface area contributed by atoms with E-state index in [2.05, 4.69) is 24.1 Å². The van der Waals surface area contributed by atoms with E-state index in [0.717, 1.165) is 59.2 Å². The molecule has 0 aliphatic rings. The van der Waals surface area contributed by atoms with Crippen LogP contribution in [-0.2, 0) is 9.47 Å². The molecule has 4 heteroatoms. The molecule has 0 rings (SSSR count). The van der Waals surface area contributed by atoms with Crippen LogP contribution in [0.4, 0.5) is 0 Å². The fraction of sp³-hybridized carbons (Fsp3) is 1.00. The number of nitrogens with zero attached hydrogens (tertiary/aromatic N) is 1. The third kappa shape index (κ3) is 12.3. The summed E-state index contributed by atoms with van der Waals surface area (Å²) < 4.78 is 10.8. The van der Waals surface area contributed by atoms with Gasteiger partial charge in [0, 0.05) is 39.4 Å². The van der Waals surface area contributed by atoms with E-state index in [1.807, 2.05) is 13.8 Å². The zero-order valence-corrected chi connectivity index (χ0v) is 12.7. The van der Waals surface area contributed by atoms with Gasteiger partial charge in [-0.2, -0.15) is 0 Å². The van der Waals surface area contributed by atoms with Gasteiger partial charge < -0.3 is 14.8 Å². The molecule has 0 spiro atoms. The van der Waals surface area contributed by atoms with Crippen molar-refractivity contribution < 1.29 is 9.47 Å². The second kappa shape index (κ2) is 13.3. The van der Waals surface area contributed by atoms with E-state index in [0.29, 0.717) is 5.92 Å². The van der Waals surface area contributed by atoms with Gasteiger partial charge in [-0.3, -0.25) is 4.90 Å². The number of hydrogen-bond donors (Lipinski definition) is 1. The maximum atomic E-state index is 5.41. The monoisotopic (exact) mass is 260 g/mol. The fourth-order valence-electron chi connectivity index (χ4n) is 1.64. The van der Waals surface area contributed by atoms with Crippen molar-refractivity contribution in [1.82, 2.24) is 10.2 Å². The van der Waals surface area contributed by atoms with Gasteiger partial charge in [-0.25, -0.2) is 0 Å². The van der Waals surface area contributed by atoms with Gasteiger partial charge in [-0.05, 0) is 26.3 Å². The topological polar surface area (TPSA) is 33.7 Å². The third-order valence-electron chi connectivity index (χ3n) is 2.67.